The SMILES string of the molecule is Cc1cc(C)c2nc(NC(C)(C)C)oc(=O)c2c1. The number of rotatable bonds is 1. The highest BCUT2D eigenvalue weighted by Crippen LogP contribution is 2.19. The van der Waals surface area contributed by atoms with E-state index >= 15 is 0 Å². The van der Waals surface area contributed by atoms with Gasteiger partial charge in [-0.2, -0.15) is 4.98 Å². The van der Waals surface area contributed by atoms with Crippen LogP contribution in [0, 0.1) is 13.8 Å². The Labute approximate surface area is 106 Å². The Morgan fingerprint density at radius 3 is 2.50 bits per heavy atom. The van der Waals surface area contributed by atoms with Crippen molar-refractivity contribution in [1.29, 1.82) is 0 Å². The minimum absolute atomic E-state index is 0.199. The van der Waals surface area contributed by atoms with Gasteiger partial charge in [-0.15, -0.1) is 0 Å². The molecule has 18 heavy (non-hydrogen) atoms. The molecule has 96 valence electrons. The predicted octanol–water partition coefficient (Wildman–Crippen LogP) is 3.02. The molecule has 4 heteroatoms. The van der Waals surface area contributed by atoms with Crippen molar-refractivity contribution in [2.24, 2.45) is 0 Å². The first-order valence-corrected chi connectivity index (χ1v) is 5.96. The number of nitrogens with zero attached hydrogens (tertiary/aromatic N) is 1. The van der Waals surface area contributed by atoms with E-state index in [4.69, 9.17) is 4.42 Å². The number of aryl methyl sites for hydroxylation is 2. The van der Waals surface area contributed by atoms with E-state index in [1.165, 1.54) is 0 Å². The van der Waals surface area contributed by atoms with E-state index in [-0.39, 0.29) is 17.2 Å². The first-order chi connectivity index (χ1) is 8.26. The fourth-order valence-electron chi connectivity index (χ4n) is 1.91. The minimum atomic E-state index is -0.349. The Morgan fingerprint density at radius 2 is 1.89 bits per heavy atom. The van der Waals surface area contributed by atoms with E-state index in [0.717, 1.165) is 11.1 Å². The summed E-state index contributed by atoms with van der Waals surface area (Å²) in [5, 5.41) is 3.61. The largest absolute Gasteiger partial charge is 0.389 e. The van der Waals surface area contributed by atoms with Gasteiger partial charge in [0.05, 0.1) is 10.9 Å². The Hall–Kier alpha value is -1.84. The van der Waals surface area contributed by atoms with Gasteiger partial charge in [0.25, 0.3) is 6.01 Å². The molecule has 1 aromatic heterocycles. The number of anilines is 1. The highest BCUT2D eigenvalue weighted by atomic mass is 16.4. The van der Waals surface area contributed by atoms with E-state index in [1.54, 1.807) is 0 Å². The Kier molecular flexibility index (Phi) is 2.89. The van der Waals surface area contributed by atoms with Crippen molar-refractivity contribution in [3.05, 3.63) is 33.7 Å². The summed E-state index contributed by atoms with van der Waals surface area (Å²) < 4.78 is 5.20. The van der Waals surface area contributed by atoms with Gasteiger partial charge in [0.2, 0.25) is 0 Å². The average Bonchev–Trinajstić information content (AvgIpc) is 2.17. The Morgan fingerprint density at radius 1 is 1.22 bits per heavy atom. The van der Waals surface area contributed by atoms with Crippen molar-refractivity contribution in [2.45, 2.75) is 40.2 Å². The first kappa shape index (κ1) is 12.6. The molecule has 1 heterocycles. The molecule has 0 radical (unpaired) electrons. The smallest absolute Gasteiger partial charge is 0.348 e. The fourth-order valence-corrected chi connectivity index (χ4v) is 1.91. The molecule has 0 aliphatic heterocycles. The van der Waals surface area contributed by atoms with Gasteiger partial charge >= 0.3 is 5.63 Å². The van der Waals surface area contributed by atoms with Crippen LogP contribution in [0.5, 0.6) is 0 Å². The van der Waals surface area contributed by atoms with Gasteiger partial charge in [0.15, 0.2) is 0 Å². The number of fused-ring (bicyclic) bond motifs is 1. The molecule has 4 nitrogen and oxygen atoms in total. The second kappa shape index (κ2) is 4.12. The number of benzene rings is 1. The molecule has 0 fully saturated rings. The van der Waals surface area contributed by atoms with Gasteiger partial charge in [0.1, 0.15) is 0 Å². The third-order valence-electron chi connectivity index (χ3n) is 2.55. The summed E-state index contributed by atoms with van der Waals surface area (Å²) in [6.45, 7) is 9.86. The van der Waals surface area contributed by atoms with Crippen molar-refractivity contribution in [3.63, 3.8) is 0 Å². The molecule has 0 bridgehead atoms. The first-order valence-electron chi connectivity index (χ1n) is 5.96. The molecule has 1 N–H and O–H groups in total. The van der Waals surface area contributed by atoms with Crippen LogP contribution in [-0.2, 0) is 0 Å². The number of aromatic nitrogens is 1. The highest BCUT2D eigenvalue weighted by Gasteiger charge is 2.14. The fraction of sp³-hybridized carbons (Fsp3) is 0.429. The second-order valence-electron chi connectivity index (χ2n) is 5.66. The van der Waals surface area contributed by atoms with Crippen molar-refractivity contribution in [3.8, 4) is 0 Å². The molecule has 0 saturated carbocycles. The van der Waals surface area contributed by atoms with E-state index < -0.39 is 0 Å². The maximum Gasteiger partial charge on any atom is 0.348 e. The van der Waals surface area contributed by atoms with Crippen LogP contribution in [0.2, 0.25) is 0 Å². The van der Waals surface area contributed by atoms with Crippen molar-refractivity contribution in [1.82, 2.24) is 4.98 Å². The molecule has 2 rings (SSSR count). The zero-order valence-corrected chi connectivity index (χ0v) is 11.4. The van der Waals surface area contributed by atoms with Crippen molar-refractivity contribution in [2.75, 3.05) is 5.32 Å². The van der Waals surface area contributed by atoms with Gasteiger partial charge in [-0.05, 0) is 51.8 Å². The molecule has 0 spiro atoms. The maximum absolute atomic E-state index is 11.9. The van der Waals surface area contributed by atoms with E-state index in [0.29, 0.717) is 10.9 Å². The van der Waals surface area contributed by atoms with Crippen LogP contribution in [0.25, 0.3) is 10.9 Å². The zero-order valence-electron chi connectivity index (χ0n) is 11.4. The number of hydrogen-bond donors (Lipinski definition) is 1. The molecular weight excluding hydrogens is 228 g/mol. The summed E-state index contributed by atoms with van der Waals surface area (Å²) in [5.74, 6) is 0. The van der Waals surface area contributed by atoms with E-state index in [2.05, 4.69) is 10.3 Å². The van der Waals surface area contributed by atoms with Crippen molar-refractivity contribution < 1.29 is 4.42 Å². The third-order valence-corrected chi connectivity index (χ3v) is 2.55. The van der Waals surface area contributed by atoms with Crippen LogP contribution in [0.15, 0.2) is 21.3 Å². The molecule has 0 saturated heterocycles. The lowest BCUT2D eigenvalue weighted by Crippen LogP contribution is -2.27. The van der Waals surface area contributed by atoms with Crippen LogP contribution in [0.1, 0.15) is 31.9 Å². The second-order valence-corrected chi connectivity index (χ2v) is 5.66. The van der Waals surface area contributed by atoms with Crippen molar-refractivity contribution >= 4 is 16.9 Å². The van der Waals surface area contributed by atoms with E-state index in [1.807, 2.05) is 46.8 Å². The summed E-state index contributed by atoms with van der Waals surface area (Å²) in [7, 11) is 0. The van der Waals surface area contributed by atoms with Crippen LogP contribution < -0.4 is 10.9 Å². The monoisotopic (exact) mass is 246 g/mol. The summed E-state index contributed by atoms with van der Waals surface area (Å²) >= 11 is 0. The molecule has 0 atom stereocenters. The summed E-state index contributed by atoms with van der Waals surface area (Å²) in [6.07, 6.45) is 0. The lowest BCUT2D eigenvalue weighted by Gasteiger charge is -2.19. The van der Waals surface area contributed by atoms with Gasteiger partial charge in [-0.3, -0.25) is 0 Å². The highest BCUT2D eigenvalue weighted by molar-refractivity contribution is 5.81. The van der Waals surface area contributed by atoms with Crippen LogP contribution in [0.4, 0.5) is 6.01 Å². The molecule has 0 unspecified atom stereocenters. The standard InChI is InChI=1S/C14H18N2O2/c1-8-6-9(2)11-10(7-8)12(17)18-13(15-11)16-14(3,4)5/h6-7H,1-5H3,(H,15,16). The van der Waals surface area contributed by atoms with Crippen LogP contribution in [0.3, 0.4) is 0 Å². The molecule has 0 aliphatic carbocycles. The lowest BCUT2D eigenvalue weighted by atomic mass is 10.1. The van der Waals surface area contributed by atoms with Gasteiger partial charge in [0, 0.05) is 5.54 Å². The third kappa shape index (κ3) is 2.53. The quantitative estimate of drug-likeness (QED) is 0.840. The minimum Gasteiger partial charge on any atom is -0.389 e. The number of hydrogen-bond acceptors (Lipinski definition) is 4. The maximum atomic E-state index is 11.9. The van der Waals surface area contributed by atoms with E-state index in [9.17, 15) is 4.79 Å². The summed E-state index contributed by atoms with van der Waals surface area (Å²) in [6, 6.07) is 4.09. The average molecular weight is 246 g/mol. The van der Waals surface area contributed by atoms with Gasteiger partial charge in [-0.25, -0.2) is 4.79 Å². The predicted molar refractivity (Wildman–Crippen MR) is 73.1 cm³/mol. The molecule has 1 aromatic carbocycles. The molecule has 0 amide bonds. The summed E-state index contributed by atoms with van der Waals surface area (Å²) in [4.78, 5) is 16.3. The van der Waals surface area contributed by atoms with Gasteiger partial charge < -0.3 is 9.73 Å². The molecule has 2 aromatic rings. The lowest BCUT2D eigenvalue weighted by molar-refractivity contribution is 0.490. The summed E-state index contributed by atoms with van der Waals surface area (Å²) in [5.41, 5.74) is 2.16. The number of nitrogens with one attached hydrogen (secondary N) is 1. The van der Waals surface area contributed by atoms with Crippen LogP contribution >= 0.6 is 0 Å². The molecule has 0 aliphatic rings. The molecular formula is C14H18N2O2. The van der Waals surface area contributed by atoms with Crippen LogP contribution in [-0.4, -0.2) is 10.5 Å². The van der Waals surface area contributed by atoms with Gasteiger partial charge in [-0.1, -0.05) is 6.07 Å². The Bertz CT molecular complexity index is 651. The topological polar surface area (TPSA) is 55.1 Å². The normalized spacial score (nSPS) is 11.8. The zero-order chi connectivity index (χ0) is 13.5. The Balaban J connectivity index is 2.66.